The average molecular weight is 229 g/mol. The Labute approximate surface area is 103 Å². The van der Waals surface area contributed by atoms with Gasteiger partial charge in [0.1, 0.15) is 6.07 Å². The summed E-state index contributed by atoms with van der Waals surface area (Å²) in [4.78, 5) is 2.18. The van der Waals surface area contributed by atoms with Crippen LogP contribution >= 0.6 is 0 Å². The second-order valence-electron chi connectivity index (χ2n) is 4.66. The summed E-state index contributed by atoms with van der Waals surface area (Å²) < 4.78 is 0. The molecular weight excluding hydrogens is 210 g/mol. The molecule has 17 heavy (non-hydrogen) atoms. The fourth-order valence-electron chi connectivity index (χ4n) is 2.41. The summed E-state index contributed by atoms with van der Waals surface area (Å²) >= 11 is 0. The number of rotatable bonds is 3. The van der Waals surface area contributed by atoms with Crippen LogP contribution in [-0.2, 0) is 0 Å². The minimum absolute atomic E-state index is 0.556. The number of nitrogens with one attached hydrogen (secondary N) is 1. The molecule has 0 aliphatic carbocycles. The number of benzene rings is 1. The van der Waals surface area contributed by atoms with E-state index in [0.29, 0.717) is 6.04 Å². The van der Waals surface area contributed by atoms with Gasteiger partial charge in [0.05, 0.1) is 11.3 Å². The molecule has 1 aliphatic rings. The van der Waals surface area contributed by atoms with Gasteiger partial charge in [0, 0.05) is 19.6 Å². The third-order valence-electron chi connectivity index (χ3n) is 3.34. The molecule has 0 aromatic heterocycles. The first kappa shape index (κ1) is 11.9. The number of likely N-dealkylation sites (N-methyl/N-ethyl adjacent to an activating group) is 1. The van der Waals surface area contributed by atoms with Crippen LogP contribution in [0.4, 0.5) is 5.69 Å². The molecule has 3 heteroatoms. The maximum atomic E-state index is 9.08. The molecule has 90 valence electrons. The van der Waals surface area contributed by atoms with Crippen LogP contribution in [0, 0.1) is 11.3 Å². The molecule has 0 bridgehead atoms. The Hall–Kier alpha value is -1.53. The zero-order valence-corrected chi connectivity index (χ0v) is 10.3. The van der Waals surface area contributed by atoms with Crippen molar-refractivity contribution in [2.24, 2.45) is 0 Å². The normalized spacial score (nSPS) is 19.6. The number of anilines is 1. The predicted octanol–water partition coefficient (Wildman–Crippen LogP) is 2.14. The lowest BCUT2D eigenvalue weighted by molar-refractivity contribution is 0.403. The van der Waals surface area contributed by atoms with E-state index in [2.05, 4.69) is 23.3 Å². The Morgan fingerprint density at radius 3 is 2.94 bits per heavy atom. The van der Waals surface area contributed by atoms with Crippen molar-refractivity contribution in [3.8, 4) is 6.07 Å². The molecule has 3 nitrogen and oxygen atoms in total. The highest BCUT2D eigenvalue weighted by molar-refractivity contribution is 5.58. The molecule has 1 unspecified atom stereocenters. The third kappa shape index (κ3) is 2.98. The number of para-hydroxylation sites is 1. The number of nitrogens with zero attached hydrogens (tertiary/aromatic N) is 2. The maximum Gasteiger partial charge on any atom is 0.101 e. The van der Waals surface area contributed by atoms with Gasteiger partial charge in [-0.3, -0.25) is 0 Å². The van der Waals surface area contributed by atoms with Gasteiger partial charge in [0.15, 0.2) is 0 Å². The Kier molecular flexibility index (Phi) is 4.00. The fraction of sp³-hybridized carbons (Fsp3) is 0.500. The molecule has 1 fully saturated rings. The van der Waals surface area contributed by atoms with Crippen LogP contribution in [0.15, 0.2) is 24.3 Å². The lowest BCUT2D eigenvalue weighted by atomic mass is 10.0. The fourth-order valence-corrected chi connectivity index (χ4v) is 2.41. The summed E-state index contributed by atoms with van der Waals surface area (Å²) in [5, 5.41) is 12.6. The van der Waals surface area contributed by atoms with E-state index >= 15 is 0 Å². The van der Waals surface area contributed by atoms with Crippen molar-refractivity contribution in [3.63, 3.8) is 0 Å². The van der Waals surface area contributed by atoms with Gasteiger partial charge in [-0.15, -0.1) is 0 Å². The molecule has 1 atom stereocenters. The van der Waals surface area contributed by atoms with E-state index in [1.54, 1.807) is 0 Å². The number of hydrogen-bond acceptors (Lipinski definition) is 3. The monoisotopic (exact) mass is 229 g/mol. The molecule has 0 amide bonds. The Bertz CT molecular complexity index is 402. The highest BCUT2D eigenvalue weighted by Gasteiger charge is 2.15. The third-order valence-corrected chi connectivity index (χ3v) is 3.34. The van der Waals surface area contributed by atoms with Crippen molar-refractivity contribution in [3.05, 3.63) is 29.8 Å². The van der Waals surface area contributed by atoms with Crippen LogP contribution in [-0.4, -0.2) is 26.2 Å². The summed E-state index contributed by atoms with van der Waals surface area (Å²) in [6, 6.07) is 10.6. The molecule has 1 heterocycles. The highest BCUT2D eigenvalue weighted by Crippen LogP contribution is 2.19. The summed E-state index contributed by atoms with van der Waals surface area (Å²) in [5.74, 6) is 0. The first-order valence-electron chi connectivity index (χ1n) is 6.25. The van der Waals surface area contributed by atoms with Gasteiger partial charge in [0.2, 0.25) is 0 Å². The Morgan fingerprint density at radius 1 is 1.41 bits per heavy atom. The van der Waals surface area contributed by atoms with Crippen LogP contribution in [0.3, 0.4) is 0 Å². The van der Waals surface area contributed by atoms with Gasteiger partial charge < -0.3 is 10.2 Å². The zero-order chi connectivity index (χ0) is 12.1. The summed E-state index contributed by atoms with van der Waals surface area (Å²) in [5.41, 5.74) is 1.79. The van der Waals surface area contributed by atoms with E-state index in [9.17, 15) is 0 Å². The second kappa shape index (κ2) is 5.70. The van der Waals surface area contributed by atoms with Crippen molar-refractivity contribution in [1.82, 2.24) is 5.32 Å². The average Bonchev–Trinajstić information content (AvgIpc) is 2.40. The van der Waals surface area contributed by atoms with Gasteiger partial charge in [-0.1, -0.05) is 18.6 Å². The van der Waals surface area contributed by atoms with Crippen molar-refractivity contribution in [2.75, 3.05) is 25.0 Å². The Morgan fingerprint density at radius 2 is 2.24 bits per heavy atom. The van der Waals surface area contributed by atoms with Crippen molar-refractivity contribution in [2.45, 2.75) is 25.3 Å². The number of nitriles is 1. The first-order valence-corrected chi connectivity index (χ1v) is 6.25. The van der Waals surface area contributed by atoms with Crippen molar-refractivity contribution < 1.29 is 0 Å². The maximum absolute atomic E-state index is 9.08. The largest absolute Gasteiger partial charge is 0.372 e. The molecule has 1 saturated heterocycles. The topological polar surface area (TPSA) is 39.1 Å². The standard InChI is InChI=1S/C14H19N3/c1-17(11-13-7-4-5-9-16-13)14-8-3-2-6-12(14)10-15/h2-3,6,8,13,16H,4-5,7,9,11H2,1H3. The lowest BCUT2D eigenvalue weighted by Gasteiger charge is -2.29. The number of hydrogen-bond donors (Lipinski definition) is 1. The summed E-state index contributed by atoms with van der Waals surface area (Å²) in [7, 11) is 2.06. The number of piperidine rings is 1. The van der Waals surface area contributed by atoms with Gasteiger partial charge in [0.25, 0.3) is 0 Å². The van der Waals surface area contributed by atoms with E-state index in [1.165, 1.54) is 19.3 Å². The predicted molar refractivity (Wildman–Crippen MR) is 70.1 cm³/mol. The minimum Gasteiger partial charge on any atom is -0.372 e. The van der Waals surface area contributed by atoms with Crippen LogP contribution < -0.4 is 10.2 Å². The van der Waals surface area contributed by atoms with Crippen molar-refractivity contribution >= 4 is 5.69 Å². The molecule has 1 aromatic carbocycles. The van der Waals surface area contributed by atoms with Crippen LogP contribution in [0.2, 0.25) is 0 Å². The molecule has 1 aromatic rings. The zero-order valence-electron chi connectivity index (χ0n) is 10.3. The van der Waals surface area contributed by atoms with Gasteiger partial charge in [-0.2, -0.15) is 5.26 Å². The molecule has 0 radical (unpaired) electrons. The van der Waals surface area contributed by atoms with E-state index < -0.39 is 0 Å². The molecule has 1 N–H and O–H groups in total. The molecule has 0 saturated carbocycles. The quantitative estimate of drug-likeness (QED) is 0.863. The molecule has 2 rings (SSSR count). The summed E-state index contributed by atoms with van der Waals surface area (Å²) in [6.07, 6.45) is 3.83. The van der Waals surface area contributed by atoms with Crippen molar-refractivity contribution in [1.29, 1.82) is 5.26 Å². The van der Waals surface area contributed by atoms with E-state index in [4.69, 9.17) is 5.26 Å². The lowest BCUT2D eigenvalue weighted by Crippen LogP contribution is -2.42. The van der Waals surface area contributed by atoms with E-state index in [0.717, 1.165) is 24.3 Å². The first-order chi connectivity index (χ1) is 8.31. The summed E-state index contributed by atoms with van der Waals surface area (Å²) in [6.45, 7) is 2.09. The van der Waals surface area contributed by atoms with Gasteiger partial charge in [-0.25, -0.2) is 0 Å². The SMILES string of the molecule is CN(CC1CCCCN1)c1ccccc1C#N. The molecule has 1 aliphatic heterocycles. The molecular formula is C14H19N3. The minimum atomic E-state index is 0.556. The van der Waals surface area contributed by atoms with E-state index in [1.807, 2.05) is 24.3 Å². The smallest absolute Gasteiger partial charge is 0.101 e. The van der Waals surface area contributed by atoms with Crippen LogP contribution in [0.25, 0.3) is 0 Å². The second-order valence-corrected chi connectivity index (χ2v) is 4.66. The van der Waals surface area contributed by atoms with Gasteiger partial charge in [-0.05, 0) is 31.5 Å². The molecule has 0 spiro atoms. The highest BCUT2D eigenvalue weighted by atomic mass is 15.1. The Balaban J connectivity index is 2.03. The van der Waals surface area contributed by atoms with Crippen LogP contribution in [0.1, 0.15) is 24.8 Å². The van der Waals surface area contributed by atoms with Crippen LogP contribution in [0.5, 0.6) is 0 Å². The van der Waals surface area contributed by atoms with E-state index in [-0.39, 0.29) is 0 Å². The van der Waals surface area contributed by atoms with Gasteiger partial charge >= 0.3 is 0 Å².